The van der Waals surface area contributed by atoms with Crippen LogP contribution in [-0.4, -0.2) is 64.8 Å². The molecule has 0 bridgehead atoms. The number of hydrogen-bond acceptors (Lipinski definition) is 9. The van der Waals surface area contributed by atoms with Crippen LogP contribution >= 0.6 is 11.3 Å². The van der Waals surface area contributed by atoms with Gasteiger partial charge in [-0.15, -0.1) is 21.5 Å². The predicted molar refractivity (Wildman–Crippen MR) is 107 cm³/mol. The van der Waals surface area contributed by atoms with Gasteiger partial charge in [0.25, 0.3) is 11.8 Å². The van der Waals surface area contributed by atoms with Gasteiger partial charge >= 0.3 is 0 Å². The van der Waals surface area contributed by atoms with Crippen molar-refractivity contribution in [1.82, 2.24) is 24.5 Å². The van der Waals surface area contributed by atoms with E-state index in [-0.39, 0.29) is 5.75 Å². The number of nitrogens with zero attached hydrogens (tertiary/aromatic N) is 6. The summed E-state index contributed by atoms with van der Waals surface area (Å²) in [6.07, 6.45) is 1.69. The maximum absolute atomic E-state index is 12.0. The Kier molecular flexibility index (Phi) is 5.13. The molecule has 0 unspecified atom stereocenters. The first-order valence-corrected chi connectivity index (χ1v) is 11.4. The summed E-state index contributed by atoms with van der Waals surface area (Å²) in [6.45, 7) is 5.48. The molecule has 0 aliphatic carbocycles. The monoisotopic (exact) mass is 420 g/mol. The maximum Gasteiger partial charge on any atom is 0.268 e. The number of rotatable bonds is 5. The average Bonchev–Trinajstić information content (AvgIpc) is 3.40. The topological polar surface area (TPSA) is 105 Å². The van der Waals surface area contributed by atoms with Gasteiger partial charge in [0, 0.05) is 26.2 Å². The second-order valence-corrected chi connectivity index (χ2v) is 9.54. The van der Waals surface area contributed by atoms with Crippen LogP contribution in [0.2, 0.25) is 0 Å². The van der Waals surface area contributed by atoms with E-state index in [2.05, 4.69) is 20.2 Å². The average molecular weight is 421 g/mol. The van der Waals surface area contributed by atoms with Gasteiger partial charge in [-0.2, -0.15) is 4.31 Å². The van der Waals surface area contributed by atoms with Crippen molar-refractivity contribution in [2.75, 3.05) is 36.8 Å². The Morgan fingerprint density at radius 3 is 2.61 bits per heavy atom. The fourth-order valence-corrected chi connectivity index (χ4v) is 4.72. The Bertz CT molecular complexity index is 1060. The van der Waals surface area contributed by atoms with Gasteiger partial charge in [0.2, 0.25) is 10.0 Å². The molecule has 4 rings (SSSR count). The van der Waals surface area contributed by atoms with Crippen molar-refractivity contribution >= 4 is 27.2 Å². The van der Waals surface area contributed by atoms with E-state index in [1.54, 1.807) is 13.1 Å². The smallest absolute Gasteiger partial charge is 0.268 e. The molecule has 28 heavy (non-hydrogen) atoms. The SMILES string of the molecule is CCS(=O)(=O)N1CCN(c2cnc(C)c(-c3nnc(-c4cccs4)o3)n2)CC1. The standard InChI is InChI=1S/C17H20N6O3S2/c1-3-28(24,25)23-8-6-22(7-9-23)14-11-18-12(2)15(19-14)17-21-20-16(26-17)13-5-4-10-27-13/h4-5,10-11H,3,6-9H2,1-2H3. The van der Waals surface area contributed by atoms with E-state index in [0.29, 0.717) is 55.2 Å². The molecule has 1 aliphatic heterocycles. The van der Waals surface area contributed by atoms with E-state index < -0.39 is 10.0 Å². The fraction of sp³-hybridized carbons (Fsp3) is 0.412. The quantitative estimate of drug-likeness (QED) is 0.617. The third kappa shape index (κ3) is 3.64. The number of aryl methyl sites for hydroxylation is 1. The number of hydrogen-bond donors (Lipinski definition) is 0. The fourth-order valence-electron chi connectivity index (χ4n) is 2.99. The third-order valence-corrected chi connectivity index (χ3v) is 7.36. The van der Waals surface area contributed by atoms with Gasteiger partial charge in [-0.1, -0.05) is 6.07 Å². The van der Waals surface area contributed by atoms with Crippen molar-refractivity contribution in [2.24, 2.45) is 0 Å². The summed E-state index contributed by atoms with van der Waals surface area (Å²) in [5.74, 6) is 1.56. The molecule has 9 nitrogen and oxygen atoms in total. The third-order valence-electron chi connectivity index (χ3n) is 4.62. The van der Waals surface area contributed by atoms with Crippen molar-refractivity contribution < 1.29 is 12.8 Å². The summed E-state index contributed by atoms with van der Waals surface area (Å²) < 4.78 is 31.4. The minimum absolute atomic E-state index is 0.116. The van der Waals surface area contributed by atoms with Crippen molar-refractivity contribution in [3.63, 3.8) is 0 Å². The first-order chi connectivity index (χ1) is 13.5. The lowest BCUT2D eigenvalue weighted by Crippen LogP contribution is -2.49. The lowest BCUT2D eigenvalue weighted by atomic mass is 10.3. The molecule has 0 spiro atoms. The van der Waals surface area contributed by atoms with Gasteiger partial charge in [-0.25, -0.2) is 13.4 Å². The Morgan fingerprint density at radius 1 is 1.18 bits per heavy atom. The summed E-state index contributed by atoms with van der Waals surface area (Å²) in [7, 11) is -3.17. The van der Waals surface area contributed by atoms with Gasteiger partial charge in [0.1, 0.15) is 5.82 Å². The summed E-state index contributed by atoms with van der Waals surface area (Å²) >= 11 is 1.52. The zero-order chi connectivity index (χ0) is 19.7. The highest BCUT2D eigenvalue weighted by atomic mass is 32.2. The lowest BCUT2D eigenvalue weighted by Gasteiger charge is -2.34. The Balaban J connectivity index is 1.55. The molecule has 1 fully saturated rings. The summed E-state index contributed by atoms with van der Waals surface area (Å²) in [4.78, 5) is 12.0. The second kappa shape index (κ2) is 7.57. The van der Waals surface area contributed by atoms with E-state index in [9.17, 15) is 8.42 Å². The predicted octanol–water partition coefficient (Wildman–Crippen LogP) is 2.04. The molecule has 1 saturated heterocycles. The highest BCUT2D eigenvalue weighted by Gasteiger charge is 2.27. The lowest BCUT2D eigenvalue weighted by molar-refractivity contribution is 0.384. The molecule has 0 radical (unpaired) electrons. The Labute approximate surface area is 167 Å². The first-order valence-electron chi connectivity index (χ1n) is 8.92. The van der Waals surface area contributed by atoms with Crippen LogP contribution in [0.15, 0.2) is 28.1 Å². The highest BCUT2D eigenvalue weighted by molar-refractivity contribution is 7.89. The number of piperazine rings is 1. The van der Waals surface area contributed by atoms with Crippen LogP contribution in [0.25, 0.3) is 22.4 Å². The van der Waals surface area contributed by atoms with Crippen molar-refractivity contribution in [3.05, 3.63) is 29.4 Å². The van der Waals surface area contributed by atoms with Crippen molar-refractivity contribution in [1.29, 1.82) is 0 Å². The molecule has 0 amide bonds. The molecule has 0 aromatic carbocycles. The normalized spacial score (nSPS) is 15.9. The number of sulfonamides is 1. The van der Waals surface area contributed by atoms with E-state index in [4.69, 9.17) is 4.42 Å². The molecule has 0 N–H and O–H groups in total. The summed E-state index contributed by atoms with van der Waals surface area (Å²) in [5.41, 5.74) is 1.23. The van der Waals surface area contributed by atoms with Crippen LogP contribution in [0.4, 0.5) is 5.82 Å². The number of aromatic nitrogens is 4. The van der Waals surface area contributed by atoms with Gasteiger partial charge in [-0.3, -0.25) is 4.98 Å². The van der Waals surface area contributed by atoms with Crippen molar-refractivity contribution in [3.8, 4) is 22.4 Å². The van der Waals surface area contributed by atoms with Crippen molar-refractivity contribution in [2.45, 2.75) is 13.8 Å². The van der Waals surface area contributed by atoms with E-state index in [1.165, 1.54) is 15.6 Å². The van der Waals surface area contributed by atoms with Crippen LogP contribution in [0.3, 0.4) is 0 Å². The number of anilines is 1. The molecule has 3 aromatic heterocycles. The number of thiophene rings is 1. The van der Waals surface area contributed by atoms with Crippen LogP contribution in [-0.2, 0) is 10.0 Å². The molecule has 0 atom stereocenters. The van der Waals surface area contributed by atoms with Crippen LogP contribution in [0.1, 0.15) is 12.6 Å². The van der Waals surface area contributed by atoms with E-state index in [0.717, 1.165) is 4.88 Å². The van der Waals surface area contributed by atoms with Crippen LogP contribution < -0.4 is 4.90 Å². The first kappa shape index (κ1) is 19.0. The molecule has 4 heterocycles. The molecule has 11 heteroatoms. The van der Waals surface area contributed by atoms with Gasteiger partial charge in [0.05, 0.1) is 22.5 Å². The van der Waals surface area contributed by atoms with Gasteiger partial charge in [0.15, 0.2) is 5.69 Å². The highest BCUT2D eigenvalue weighted by Crippen LogP contribution is 2.28. The van der Waals surface area contributed by atoms with E-state index >= 15 is 0 Å². The maximum atomic E-state index is 12.0. The molecular weight excluding hydrogens is 400 g/mol. The minimum atomic E-state index is -3.17. The zero-order valence-corrected chi connectivity index (χ0v) is 17.2. The second-order valence-electron chi connectivity index (χ2n) is 6.34. The molecule has 3 aromatic rings. The largest absolute Gasteiger partial charge is 0.414 e. The van der Waals surface area contributed by atoms with Crippen LogP contribution in [0.5, 0.6) is 0 Å². The van der Waals surface area contributed by atoms with E-state index in [1.807, 2.05) is 29.3 Å². The summed E-state index contributed by atoms with van der Waals surface area (Å²) in [6, 6.07) is 3.84. The molecule has 148 valence electrons. The van der Waals surface area contributed by atoms with Gasteiger partial charge < -0.3 is 9.32 Å². The van der Waals surface area contributed by atoms with Crippen LogP contribution in [0, 0.1) is 6.92 Å². The Morgan fingerprint density at radius 2 is 1.93 bits per heavy atom. The summed E-state index contributed by atoms with van der Waals surface area (Å²) in [5, 5.41) is 10.2. The zero-order valence-electron chi connectivity index (χ0n) is 15.6. The molecule has 0 saturated carbocycles. The minimum Gasteiger partial charge on any atom is -0.414 e. The Hall–Kier alpha value is -2.37. The van der Waals surface area contributed by atoms with Gasteiger partial charge in [-0.05, 0) is 25.3 Å². The molecule has 1 aliphatic rings. The molecular formula is C17H20N6O3S2.